The van der Waals surface area contributed by atoms with Crippen LogP contribution in [0.3, 0.4) is 0 Å². The van der Waals surface area contributed by atoms with E-state index in [9.17, 15) is 10.1 Å². The Kier molecular flexibility index (Phi) is 5.48. The molecule has 0 radical (unpaired) electrons. The van der Waals surface area contributed by atoms with Gasteiger partial charge in [0, 0.05) is 40.3 Å². The molecule has 1 aliphatic heterocycles. The summed E-state index contributed by atoms with van der Waals surface area (Å²) >= 11 is 0. The molecule has 7 nitrogen and oxygen atoms in total. The molecule has 4 aromatic rings. The fourth-order valence-corrected chi connectivity index (χ4v) is 4.64. The van der Waals surface area contributed by atoms with Crippen LogP contribution in [0.2, 0.25) is 0 Å². The van der Waals surface area contributed by atoms with E-state index in [0.29, 0.717) is 17.9 Å². The molecule has 2 heterocycles. The average Bonchev–Trinajstić information content (AvgIpc) is 3.21. The summed E-state index contributed by atoms with van der Waals surface area (Å²) in [6.45, 7) is 2.90. The van der Waals surface area contributed by atoms with Crippen molar-refractivity contribution in [3.8, 4) is 11.5 Å². The number of nitrogens with zero attached hydrogens (tertiary/aromatic N) is 1. The molecule has 0 saturated carbocycles. The van der Waals surface area contributed by atoms with E-state index in [1.165, 1.54) is 22.7 Å². The Morgan fingerprint density at radius 3 is 2.76 bits per heavy atom. The third-order valence-corrected chi connectivity index (χ3v) is 6.26. The molecule has 7 heteroatoms. The van der Waals surface area contributed by atoms with Crippen LogP contribution in [0.15, 0.2) is 60.7 Å². The maximum Gasteiger partial charge on any atom is 0.272 e. The Morgan fingerprint density at radius 1 is 1.12 bits per heavy atom. The topological polar surface area (TPSA) is 89.4 Å². The summed E-state index contributed by atoms with van der Waals surface area (Å²) in [5.41, 5.74) is 6.41. The van der Waals surface area contributed by atoms with Gasteiger partial charge in [-0.3, -0.25) is 10.1 Å². The van der Waals surface area contributed by atoms with Crippen molar-refractivity contribution >= 4 is 16.6 Å². The van der Waals surface area contributed by atoms with Gasteiger partial charge in [0.05, 0.1) is 18.1 Å². The summed E-state index contributed by atoms with van der Waals surface area (Å²) in [6, 6.07) is 19.4. The zero-order valence-corrected chi connectivity index (χ0v) is 18.6. The number of aryl methyl sites for hydroxylation is 1. The summed E-state index contributed by atoms with van der Waals surface area (Å²) in [5, 5.41) is 16.0. The normalized spacial score (nSPS) is 15.3. The van der Waals surface area contributed by atoms with Crippen LogP contribution in [0.5, 0.6) is 11.5 Å². The third-order valence-electron chi connectivity index (χ3n) is 6.26. The predicted molar refractivity (Wildman–Crippen MR) is 127 cm³/mol. The summed E-state index contributed by atoms with van der Waals surface area (Å²) in [4.78, 5) is 14.3. The number of H-pyrrole nitrogens is 1. The Morgan fingerprint density at radius 2 is 1.97 bits per heavy atom. The van der Waals surface area contributed by atoms with Crippen molar-refractivity contribution < 1.29 is 14.4 Å². The molecule has 0 fully saturated rings. The van der Waals surface area contributed by atoms with Crippen molar-refractivity contribution in [2.75, 3.05) is 13.7 Å². The number of para-hydroxylation sites is 1. The highest BCUT2D eigenvalue weighted by molar-refractivity contribution is 5.85. The van der Waals surface area contributed by atoms with E-state index in [0.717, 1.165) is 35.4 Å². The van der Waals surface area contributed by atoms with Gasteiger partial charge in [-0.25, -0.2) is 0 Å². The van der Waals surface area contributed by atoms with Gasteiger partial charge in [0.2, 0.25) is 0 Å². The van der Waals surface area contributed by atoms with E-state index in [1.807, 2.05) is 6.07 Å². The molecule has 5 rings (SSSR count). The number of nitro groups is 1. The lowest BCUT2D eigenvalue weighted by Crippen LogP contribution is -2.30. The van der Waals surface area contributed by atoms with E-state index < -0.39 is 0 Å². The summed E-state index contributed by atoms with van der Waals surface area (Å²) < 4.78 is 11.5. The van der Waals surface area contributed by atoms with Crippen molar-refractivity contribution in [2.24, 2.45) is 0 Å². The van der Waals surface area contributed by atoms with Crippen LogP contribution in [0.1, 0.15) is 34.0 Å². The lowest BCUT2D eigenvalue weighted by atomic mass is 9.93. The Balaban J connectivity index is 1.44. The first-order valence-corrected chi connectivity index (χ1v) is 10.9. The average molecular weight is 444 g/mol. The van der Waals surface area contributed by atoms with Gasteiger partial charge in [-0.1, -0.05) is 24.3 Å². The minimum atomic E-state index is -0.388. The SMILES string of the molecule is COc1ccc(C2NCCc3c2[nH]c2ccccc32)cc1COc1ccc([N+](=O)[O-])c(C)c1. The number of rotatable bonds is 6. The molecule has 2 N–H and O–H groups in total. The summed E-state index contributed by atoms with van der Waals surface area (Å²) in [5.74, 6) is 1.32. The molecule has 1 aliphatic rings. The molecule has 0 bridgehead atoms. The van der Waals surface area contributed by atoms with Gasteiger partial charge in [0.25, 0.3) is 5.69 Å². The molecule has 0 spiro atoms. The number of nitro benzene ring substituents is 1. The van der Waals surface area contributed by atoms with Crippen LogP contribution in [0, 0.1) is 17.0 Å². The van der Waals surface area contributed by atoms with E-state index in [2.05, 4.69) is 46.7 Å². The monoisotopic (exact) mass is 443 g/mol. The molecule has 1 unspecified atom stereocenters. The van der Waals surface area contributed by atoms with Gasteiger partial charge < -0.3 is 19.8 Å². The maximum absolute atomic E-state index is 11.1. The number of hydrogen-bond donors (Lipinski definition) is 2. The highest BCUT2D eigenvalue weighted by Gasteiger charge is 2.25. The molecular weight excluding hydrogens is 418 g/mol. The third kappa shape index (κ3) is 3.91. The highest BCUT2D eigenvalue weighted by atomic mass is 16.6. The molecule has 1 atom stereocenters. The first-order chi connectivity index (χ1) is 16.0. The maximum atomic E-state index is 11.1. The largest absolute Gasteiger partial charge is 0.496 e. The standard InChI is InChI=1S/C26H25N3O4/c1-16-13-19(8-9-23(16)29(30)31)33-15-18-14-17(7-10-24(18)32-2)25-26-21(11-12-27-25)20-5-3-4-6-22(20)28-26/h3-10,13-14,25,27-28H,11-12,15H2,1-2H3. The van der Waals surface area contributed by atoms with Gasteiger partial charge in [0.15, 0.2) is 0 Å². The highest BCUT2D eigenvalue weighted by Crippen LogP contribution is 2.35. The number of fused-ring (bicyclic) bond motifs is 3. The van der Waals surface area contributed by atoms with Gasteiger partial charge in [0.1, 0.15) is 18.1 Å². The second kappa shape index (κ2) is 8.60. The molecular formula is C26H25N3O4. The minimum Gasteiger partial charge on any atom is -0.496 e. The quantitative estimate of drug-likeness (QED) is 0.316. The second-order valence-corrected chi connectivity index (χ2v) is 8.27. The second-order valence-electron chi connectivity index (χ2n) is 8.27. The van der Waals surface area contributed by atoms with Crippen molar-refractivity contribution in [1.82, 2.24) is 10.3 Å². The summed E-state index contributed by atoms with van der Waals surface area (Å²) in [7, 11) is 1.64. The number of nitrogens with one attached hydrogen (secondary N) is 2. The van der Waals surface area contributed by atoms with Crippen molar-refractivity contribution in [3.63, 3.8) is 0 Å². The Labute approximate surface area is 191 Å². The van der Waals surface area contributed by atoms with E-state index >= 15 is 0 Å². The van der Waals surface area contributed by atoms with Crippen molar-refractivity contribution in [1.29, 1.82) is 0 Å². The molecule has 168 valence electrons. The molecule has 3 aromatic carbocycles. The van der Waals surface area contributed by atoms with Gasteiger partial charge in [-0.2, -0.15) is 0 Å². The van der Waals surface area contributed by atoms with Crippen LogP contribution in [-0.2, 0) is 13.0 Å². The smallest absolute Gasteiger partial charge is 0.272 e. The number of aromatic amines is 1. The van der Waals surface area contributed by atoms with Crippen LogP contribution in [0.25, 0.3) is 10.9 Å². The summed E-state index contributed by atoms with van der Waals surface area (Å²) in [6.07, 6.45) is 0.988. The first-order valence-electron chi connectivity index (χ1n) is 10.9. The molecule has 0 saturated heterocycles. The number of ether oxygens (including phenoxy) is 2. The lowest BCUT2D eigenvalue weighted by molar-refractivity contribution is -0.385. The van der Waals surface area contributed by atoms with Crippen LogP contribution >= 0.6 is 0 Å². The van der Waals surface area contributed by atoms with Crippen molar-refractivity contribution in [2.45, 2.75) is 26.0 Å². The fraction of sp³-hybridized carbons (Fsp3) is 0.231. The van der Waals surface area contributed by atoms with E-state index in [4.69, 9.17) is 9.47 Å². The van der Waals surface area contributed by atoms with Crippen LogP contribution in [0.4, 0.5) is 5.69 Å². The van der Waals surface area contributed by atoms with Gasteiger partial charge in [-0.05, 0) is 54.8 Å². The van der Waals surface area contributed by atoms with E-state index in [1.54, 1.807) is 26.2 Å². The van der Waals surface area contributed by atoms with Crippen LogP contribution < -0.4 is 14.8 Å². The van der Waals surface area contributed by atoms with Gasteiger partial charge in [-0.15, -0.1) is 0 Å². The Hall–Kier alpha value is -3.84. The first kappa shape index (κ1) is 21.0. The predicted octanol–water partition coefficient (Wildman–Crippen LogP) is 5.21. The zero-order valence-electron chi connectivity index (χ0n) is 18.6. The number of methoxy groups -OCH3 is 1. The van der Waals surface area contributed by atoms with Crippen molar-refractivity contribution in [3.05, 3.63) is 98.7 Å². The number of aromatic nitrogens is 1. The molecule has 0 aliphatic carbocycles. The molecule has 1 aromatic heterocycles. The number of hydrogen-bond acceptors (Lipinski definition) is 5. The number of benzene rings is 3. The van der Waals surface area contributed by atoms with E-state index in [-0.39, 0.29) is 16.7 Å². The molecule has 33 heavy (non-hydrogen) atoms. The Bertz CT molecular complexity index is 1340. The fourth-order valence-electron chi connectivity index (χ4n) is 4.64. The van der Waals surface area contributed by atoms with Crippen LogP contribution in [-0.4, -0.2) is 23.6 Å². The van der Waals surface area contributed by atoms with Gasteiger partial charge >= 0.3 is 0 Å². The molecule has 0 amide bonds. The lowest BCUT2D eigenvalue weighted by Gasteiger charge is -2.25. The zero-order chi connectivity index (χ0) is 22.9. The minimum absolute atomic E-state index is 0.0485.